The van der Waals surface area contributed by atoms with Crippen LogP contribution in [0.3, 0.4) is 0 Å². The fraction of sp³-hybridized carbons (Fsp3) is 0.290. The van der Waals surface area contributed by atoms with Gasteiger partial charge in [0.15, 0.2) is 11.0 Å². The quantitative estimate of drug-likeness (QED) is 0.301. The van der Waals surface area contributed by atoms with Crippen molar-refractivity contribution in [2.45, 2.75) is 25.5 Å². The van der Waals surface area contributed by atoms with E-state index in [1.165, 1.54) is 17.4 Å². The smallest absolute Gasteiger partial charge is 0.251 e. The minimum atomic E-state index is -0.220. The SMILES string of the molecule is COc1ccc(C(=O)NCc2nnc(SCC(=O)N3CCN(c4ccccc4)CC3)n2-c2cccc(C)c2C)cc1. The third kappa shape index (κ3) is 6.54. The summed E-state index contributed by atoms with van der Waals surface area (Å²) >= 11 is 1.37. The van der Waals surface area contributed by atoms with E-state index in [0.717, 1.165) is 29.9 Å². The number of anilines is 1. The van der Waals surface area contributed by atoms with E-state index >= 15 is 0 Å². The number of thioether (sulfide) groups is 1. The first-order valence-corrected chi connectivity index (χ1v) is 14.6. The molecule has 10 heteroatoms. The number of nitrogens with zero attached hydrogens (tertiary/aromatic N) is 5. The third-order valence-corrected chi connectivity index (χ3v) is 8.27. The van der Waals surface area contributed by atoms with Gasteiger partial charge in [-0.2, -0.15) is 0 Å². The molecule has 5 rings (SSSR count). The highest BCUT2D eigenvalue weighted by molar-refractivity contribution is 7.99. The molecule has 0 saturated carbocycles. The lowest BCUT2D eigenvalue weighted by atomic mass is 10.1. The van der Waals surface area contributed by atoms with Crippen LogP contribution in [0.4, 0.5) is 5.69 Å². The summed E-state index contributed by atoms with van der Waals surface area (Å²) < 4.78 is 7.13. The molecular formula is C31H34N6O3S. The lowest BCUT2D eigenvalue weighted by Crippen LogP contribution is -2.49. The normalized spacial score (nSPS) is 13.2. The van der Waals surface area contributed by atoms with Gasteiger partial charge in [-0.1, -0.05) is 42.1 Å². The molecule has 0 spiro atoms. The van der Waals surface area contributed by atoms with Crippen LogP contribution in [0.1, 0.15) is 27.3 Å². The number of aromatic nitrogens is 3. The Labute approximate surface area is 244 Å². The van der Waals surface area contributed by atoms with Gasteiger partial charge < -0.3 is 19.9 Å². The first-order valence-electron chi connectivity index (χ1n) is 13.6. The number of carbonyl (C=O) groups is 2. The highest BCUT2D eigenvalue weighted by atomic mass is 32.2. The Morgan fingerprint density at radius 3 is 2.34 bits per heavy atom. The molecule has 1 saturated heterocycles. The number of carbonyl (C=O) groups excluding carboxylic acids is 2. The van der Waals surface area contributed by atoms with Crippen LogP contribution in [0.5, 0.6) is 5.75 Å². The monoisotopic (exact) mass is 570 g/mol. The van der Waals surface area contributed by atoms with Gasteiger partial charge in [0.25, 0.3) is 5.91 Å². The molecule has 0 atom stereocenters. The van der Waals surface area contributed by atoms with E-state index in [-0.39, 0.29) is 24.1 Å². The minimum absolute atomic E-state index is 0.0765. The number of piperazine rings is 1. The second kappa shape index (κ2) is 12.9. The number of aryl methyl sites for hydroxylation is 1. The van der Waals surface area contributed by atoms with Crippen LogP contribution in [0, 0.1) is 13.8 Å². The van der Waals surface area contributed by atoms with Crippen molar-refractivity contribution in [2.24, 2.45) is 0 Å². The Morgan fingerprint density at radius 2 is 1.63 bits per heavy atom. The maximum atomic E-state index is 13.2. The number of nitrogens with one attached hydrogen (secondary N) is 1. The second-order valence-electron chi connectivity index (χ2n) is 9.86. The Balaban J connectivity index is 1.28. The molecule has 1 N–H and O–H groups in total. The number of amides is 2. The maximum absolute atomic E-state index is 13.2. The van der Waals surface area contributed by atoms with Gasteiger partial charge >= 0.3 is 0 Å². The summed E-state index contributed by atoms with van der Waals surface area (Å²) in [5.41, 5.74) is 4.85. The molecule has 0 bridgehead atoms. The highest BCUT2D eigenvalue weighted by Gasteiger charge is 2.23. The average Bonchev–Trinajstić information content (AvgIpc) is 3.43. The molecule has 2 heterocycles. The molecule has 1 aliphatic heterocycles. The summed E-state index contributed by atoms with van der Waals surface area (Å²) in [5, 5.41) is 12.4. The largest absolute Gasteiger partial charge is 0.497 e. The van der Waals surface area contributed by atoms with E-state index in [0.29, 0.717) is 35.4 Å². The molecule has 1 aromatic heterocycles. The molecule has 9 nitrogen and oxygen atoms in total. The third-order valence-electron chi connectivity index (χ3n) is 7.36. The number of benzene rings is 3. The fourth-order valence-electron chi connectivity index (χ4n) is 4.80. The molecule has 1 aliphatic rings. The van der Waals surface area contributed by atoms with Gasteiger partial charge in [-0.3, -0.25) is 14.2 Å². The summed E-state index contributed by atoms with van der Waals surface area (Å²) in [7, 11) is 1.59. The van der Waals surface area contributed by atoms with Gasteiger partial charge in [0.2, 0.25) is 5.91 Å². The summed E-state index contributed by atoms with van der Waals surface area (Å²) in [5.74, 6) is 1.39. The van der Waals surface area contributed by atoms with Gasteiger partial charge in [0, 0.05) is 37.4 Å². The van der Waals surface area contributed by atoms with Crippen LogP contribution in [0.2, 0.25) is 0 Å². The molecular weight excluding hydrogens is 536 g/mol. The van der Waals surface area contributed by atoms with Crippen LogP contribution in [0.15, 0.2) is 78.0 Å². The number of para-hydroxylation sites is 1. The van der Waals surface area contributed by atoms with Crippen molar-refractivity contribution >= 4 is 29.3 Å². The van der Waals surface area contributed by atoms with Crippen molar-refractivity contribution in [1.82, 2.24) is 25.0 Å². The van der Waals surface area contributed by atoms with Gasteiger partial charge in [-0.25, -0.2) is 0 Å². The second-order valence-corrected chi connectivity index (χ2v) is 10.8. The molecule has 0 aliphatic carbocycles. The van der Waals surface area contributed by atoms with Crippen LogP contribution in [-0.2, 0) is 11.3 Å². The van der Waals surface area contributed by atoms with Crippen LogP contribution >= 0.6 is 11.8 Å². The first-order chi connectivity index (χ1) is 19.9. The standard InChI is InChI=1S/C31H34N6O3S/c1-22-8-7-11-27(23(22)2)37-28(20-32-30(39)24-12-14-26(40-3)15-13-24)33-34-31(37)41-21-29(38)36-18-16-35(17-19-36)25-9-5-4-6-10-25/h4-15H,16-21H2,1-3H3,(H,32,39). The number of methoxy groups -OCH3 is 1. The minimum Gasteiger partial charge on any atom is -0.497 e. The molecule has 0 unspecified atom stereocenters. The molecule has 0 radical (unpaired) electrons. The molecule has 41 heavy (non-hydrogen) atoms. The summed E-state index contributed by atoms with van der Waals surface area (Å²) in [6, 6.07) is 23.3. The summed E-state index contributed by atoms with van der Waals surface area (Å²) in [6.07, 6.45) is 0. The zero-order valence-electron chi connectivity index (χ0n) is 23.5. The van der Waals surface area contributed by atoms with Crippen molar-refractivity contribution in [2.75, 3.05) is 43.9 Å². The Bertz CT molecular complexity index is 1500. The number of hydrogen-bond acceptors (Lipinski definition) is 7. The van der Waals surface area contributed by atoms with Gasteiger partial charge in [0.1, 0.15) is 5.75 Å². The number of rotatable bonds is 9. The lowest BCUT2D eigenvalue weighted by Gasteiger charge is -2.36. The fourth-order valence-corrected chi connectivity index (χ4v) is 5.67. The predicted octanol–water partition coefficient (Wildman–Crippen LogP) is 4.26. The van der Waals surface area contributed by atoms with Crippen molar-refractivity contribution in [3.63, 3.8) is 0 Å². The first kappa shape index (κ1) is 28.2. The summed E-state index contributed by atoms with van der Waals surface area (Å²) in [4.78, 5) is 30.2. The van der Waals surface area contributed by atoms with E-state index in [9.17, 15) is 9.59 Å². The maximum Gasteiger partial charge on any atom is 0.251 e. The highest BCUT2D eigenvalue weighted by Crippen LogP contribution is 2.26. The molecule has 4 aromatic rings. The van der Waals surface area contributed by atoms with Crippen molar-refractivity contribution in [3.8, 4) is 11.4 Å². The van der Waals surface area contributed by atoms with Crippen LogP contribution in [-0.4, -0.2) is 70.5 Å². The number of hydrogen-bond donors (Lipinski definition) is 1. The van der Waals surface area contributed by atoms with Gasteiger partial charge in [-0.05, 0) is 67.4 Å². The Hall–Kier alpha value is -4.31. The van der Waals surface area contributed by atoms with E-state index in [1.54, 1.807) is 31.4 Å². The Morgan fingerprint density at radius 1 is 0.902 bits per heavy atom. The summed E-state index contributed by atoms with van der Waals surface area (Å²) in [6.45, 7) is 7.26. The van der Waals surface area contributed by atoms with Gasteiger partial charge in [-0.15, -0.1) is 10.2 Å². The van der Waals surface area contributed by atoms with Gasteiger partial charge in [0.05, 0.1) is 25.1 Å². The topological polar surface area (TPSA) is 92.6 Å². The predicted molar refractivity (Wildman–Crippen MR) is 161 cm³/mol. The van der Waals surface area contributed by atoms with E-state index in [4.69, 9.17) is 4.74 Å². The lowest BCUT2D eigenvalue weighted by molar-refractivity contribution is -0.128. The van der Waals surface area contributed by atoms with Crippen molar-refractivity contribution in [1.29, 1.82) is 0 Å². The molecule has 2 amide bonds. The molecule has 3 aromatic carbocycles. The zero-order chi connectivity index (χ0) is 28.8. The van der Waals surface area contributed by atoms with Crippen molar-refractivity contribution in [3.05, 3.63) is 95.3 Å². The molecule has 1 fully saturated rings. The molecule has 212 valence electrons. The number of ether oxygens (including phenoxy) is 1. The van der Waals surface area contributed by atoms with E-state index in [1.807, 2.05) is 39.8 Å². The van der Waals surface area contributed by atoms with Crippen LogP contribution < -0.4 is 15.0 Å². The van der Waals surface area contributed by atoms with E-state index < -0.39 is 0 Å². The average molecular weight is 571 g/mol. The van der Waals surface area contributed by atoms with Crippen LogP contribution in [0.25, 0.3) is 5.69 Å². The van der Waals surface area contributed by atoms with E-state index in [2.05, 4.69) is 52.5 Å². The zero-order valence-corrected chi connectivity index (χ0v) is 24.4. The Kier molecular flexibility index (Phi) is 8.88. The van der Waals surface area contributed by atoms with Crippen molar-refractivity contribution < 1.29 is 14.3 Å².